The molecule has 0 aromatic heterocycles. The summed E-state index contributed by atoms with van der Waals surface area (Å²) in [4.78, 5) is 2.42. The number of nitrogens with zero attached hydrogens (tertiary/aromatic N) is 1. The Morgan fingerprint density at radius 3 is 2.67 bits per heavy atom. The first-order chi connectivity index (χ1) is 8.56. The summed E-state index contributed by atoms with van der Waals surface area (Å²) >= 11 is 0. The summed E-state index contributed by atoms with van der Waals surface area (Å²) in [6.07, 6.45) is 5.18. The maximum Gasteiger partial charge on any atom is 0.0397 e. The number of benzene rings is 1. The Morgan fingerprint density at radius 1 is 1.39 bits per heavy atom. The third-order valence-corrected chi connectivity index (χ3v) is 3.94. The predicted octanol–water partition coefficient (Wildman–Crippen LogP) is 3.12. The summed E-state index contributed by atoms with van der Waals surface area (Å²) in [5.41, 5.74) is 10.0. The molecule has 0 heterocycles. The molecule has 100 valence electrons. The third-order valence-electron chi connectivity index (χ3n) is 3.94. The van der Waals surface area contributed by atoms with Gasteiger partial charge in [-0.15, -0.1) is 0 Å². The van der Waals surface area contributed by atoms with Crippen LogP contribution in [0.2, 0.25) is 0 Å². The highest BCUT2D eigenvalue weighted by molar-refractivity contribution is 5.55. The monoisotopic (exact) mass is 246 g/mol. The topological polar surface area (TPSA) is 29.3 Å². The molecule has 0 saturated heterocycles. The Bertz CT molecular complexity index is 394. The number of rotatable bonds is 5. The van der Waals surface area contributed by atoms with Crippen LogP contribution >= 0.6 is 0 Å². The molecule has 2 heteroatoms. The van der Waals surface area contributed by atoms with Gasteiger partial charge in [-0.05, 0) is 50.7 Å². The molecule has 1 aliphatic carbocycles. The predicted molar refractivity (Wildman–Crippen MR) is 79.1 cm³/mol. The molecule has 2 nitrogen and oxygen atoms in total. The highest BCUT2D eigenvalue weighted by Crippen LogP contribution is 2.30. The average Bonchev–Trinajstić information content (AvgIpc) is 2.22. The van der Waals surface area contributed by atoms with Gasteiger partial charge in [0.05, 0.1) is 0 Å². The third kappa shape index (κ3) is 3.26. The van der Waals surface area contributed by atoms with Crippen molar-refractivity contribution in [2.24, 2.45) is 11.7 Å². The van der Waals surface area contributed by atoms with E-state index in [1.54, 1.807) is 0 Å². The van der Waals surface area contributed by atoms with E-state index in [-0.39, 0.29) is 6.04 Å². The molecule has 0 spiro atoms. The molecule has 1 atom stereocenters. The summed E-state index contributed by atoms with van der Waals surface area (Å²) in [6.45, 7) is 5.42. The van der Waals surface area contributed by atoms with Crippen molar-refractivity contribution in [2.45, 2.75) is 45.6 Å². The van der Waals surface area contributed by atoms with E-state index >= 15 is 0 Å². The molecule has 0 aliphatic heterocycles. The zero-order valence-electron chi connectivity index (χ0n) is 11.9. The number of hydrogen-bond donors (Lipinski definition) is 1. The fourth-order valence-electron chi connectivity index (χ4n) is 2.76. The first-order valence-corrected chi connectivity index (χ1v) is 7.12. The van der Waals surface area contributed by atoms with Crippen LogP contribution in [0.25, 0.3) is 0 Å². The summed E-state index contributed by atoms with van der Waals surface area (Å²) in [5, 5.41) is 0. The molecule has 0 amide bonds. The Labute approximate surface area is 111 Å². The molecule has 1 aromatic rings. The van der Waals surface area contributed by atoms with Gasteiger partial charge in [-0.2, -0.15) is 0 Å². The van der Waals surface area contributed by atoms with Gasteiger partial charge in [-0.1, -0.05) is 24.1 Å². The van der Waals surface area contributed by atoms with Crippen LogP contribution in [-0.2, 0) is 6.42 Å². The molecular weight excluding hydrogens is 220 g/mol. The largest absolute Gasteiger partial charge is 0.374 e. The zero-order valence-corrected chi connectivity index (χ0v) is 11.9. The van der Waals surface area contributed by atoms with Crippen LogP contribution < -0.4 is 10.6 Å². The van der Waals surface area contributed by atoms with Gasteiger partial charge >= 0.3 is 0 Å². The van der Waals surface area contributed by atoms with Gasteiger partial charge in [0.25, 0.3) is 0 Å². The van der Waals surface area contributed by atoms with Crippen LogP contribution in [0.15, 0.2) is 18.2 Å². The molecule has 1 aliphatic rings. The Balaban J connectivity index is 2.13. The second kappa shape index (κ2) is 5.75. The van der Waals surface area contributed by atoms with Gasteiger partial charge in [0.15, 0.2) is 0 Å². The Morgan fingerprint density at radius 2 is 2.11 bits per heavy atom. The van der Waals surface area contributed by atoms with E-state index in [1.165, 1.54) is 42.6 Å². The fraction of sp³-hybridized carbons (Fsp3) is 0.625. The van der Waals surface area contributed by atoms with Crippen molar-refractivity contribution < 1.29 is 0 Å². The van der Waals surface area contributed by atoms with Gasteiger partial charge in [-0.25, -0.2) is 0 Å². The van der Waals surface area contributed by atoms with Gasteiger partial charge in [-0.3, -0.25) is 0 Å². The highest BCUT2D eigenvalue weighted by atomic mass is 15.1. The van der Waals surface area contributed by atoms with Crippen molar-refractivity contribution in [1.82, 2.24) is 0 Å². The first-order valence-electron chi connectivity index (χ1n) is 7.12. The van der Waals surface area contributed by atoms with E-state index < -0.39 is 0 Å². The van der Waals surface area contributed by atoms with E-state index in [4.69, 9.17) is 5.73 Å². The van der Waals surface area contributed by atoms with Crippen molar-refractivity contribution in [3.8, 4) is 0 Å². The Kier molecular flexibility index (Phi) is 4.28. The van der Waals surface area contributed by atoms with Gasteiger partial charge in [0.1, 0.15) is 0 Å². The van der Waals surface area contributed by atoms with Crippen molar-refractivity contribution in [3.63, 3.8) is 0 Å². The second-order valence-electron chi connectivity index (χ2n) is 5.99. The molecule has 2 rings (SSSR count). The normalized spacial score (nSPS) is 17.3. The van der Waals surface area contributed by atoms with E-state index in [9.17, 15) is 0 Å². The van der Waals surface area contributed by atoms with E-state index in [1.807, 2.05) is 0 Å². The van der Waals surface area contributed by atoms with Crippen LogP contribution in [0.4, 0.5) is 5.69 Å². The van der Waals surface area contributed by atoms with Crippen molar-refractivity contribution in [3.05, 3.63) is 29.3 Å². The molecule has 18 heavy (non-hydrogen) atoms. The highest BCUT2D eigenvalue weighted by Gasteiger charge is 2.20. The summed E-state index contributed by atoms with van der Waals surface area (Å²) in [7, 11) is 2.22. The maximum absolute atomic E-state index is 5.96. The lowest BCUT2D eigenvalue weighted by molar-refractivity contribution is 0.321. The molecular formula is C16H26N2. The van der Waals surface area contributed by atoms with E-state index in [0.29, 0.717) is 0 Å². The zero-order chi connectivity index (χ0) is 13.1. The summed E-state index contributed by atoms with van der Waals surface area (Å²) in [5.74, 6) is 0.902. The van der Waals surface area contributed by atoms with Gasteiger partial charge in [0, 0.05) is 25.3 Å². The average molecular weight is 246 g/mol. The molecule has 1 unspecified atom stereocenters. The molecule has 1 aromatic carbocycles. The van der Waals surface area contributed by atoms with Crippen molar-refractivity contribution in [2.75, 3.05) is 18.5 Å². The first kappa shape index (κ1) is 13.4. The number of nitrogens with two attached hydrogens (primary N) is 1. The maximum atomic E-state index is 5.96. The Hall–Kier alpha value is -1.02. The summed E-state index contributed by atoms with van der Waals surface area (Å²) in [6, 6.07) is 6.97. The lowest BCUT2D eigenvalue weighted by Crippen LogP contribution is -2.30. The van der Waals surface area contributed by atoms with Crippen molar-refractivity contribution in [1.29, 1.82) is 0 Å². The smallest absolute Gasteiger partial charge is 0.0397 e. The molecule has 1 fully saturated rings. The van der Waals surface area contributed by atoms with Crippen LogP contribution in [0.1, 0.15) is 37.3 Å². The fourth-order valence-corrected chi connectivity index (χ4v) is 2.76. The molecule has 0 bridgehead atoms. The standard InChI is InChI=1S/C16H26N2/c1-12-7-8-16(15(9-12)10-13(2)17)18(3)11-14-5-4-6-14/h7-9,13-14H,4-6,10-11,17H2,1-3H3. The minimum Gasteiger partial charge on any atom is -0.374 e. The van der Waals surface area contributed by atoms with Crippen LogP contribution in [-0.4, -0.2) is 19.6 Å². The van der Waals surface area contributed by atoms with Gasteiger partial charge < -0.3 is 10.6 Å². The van der Waals surface area contributed by atoms with Crippen LogP contribution in [0.5, 0.6) is 0 Å². The minimum absolute atomic E-state index is 0.225. The van der Waals surface area contributed by atoms with E-state index in [0.717, 1.165) is 12.3 Å². The van der Waals surface area contributed by atoms with Crippen LogP contribution in [0, 0.1) is 12.8 Å². The molecule has 1 saturated carbocycles. The number of anilines is 1. The second-order valence-corrected chi connectivity index (χ2v) is 5.99. The lowest BCUT2D eigenvalue weighted by atomic mass is 9.85. The SMILES string of the molecule is Cc1ccc(N(C)CC2CCC2)c(CC(C)N)c1. The van der Waals surface area contributed by atoms with Gasteiger partial charge in [0.2, 0.25) is 0 Å². The molecule has 2 N–H and O–H groups in total. The number of aryl methyl sites for hydroxylation is 1. The van der Waals surface area contributed by atoms with E-state index in [2.05, 4.69) is 44.0 Å². The minimum atomic E-state index is 0.225. The summed E-state index contributed by atoms with van der Waals surface area (Å²) < 4.78 is 0. The lowest BCUT2D eigenvalue weighted by Gasteiger charge is -2.32. The molecule has 0 radical (unpaired) electrons. The van der Waals surface area contributed by atoms with Crippen molar-refractivity contribution >= 4 is 5.69 Å². The quantitative estimate of drug-likeness (QED) is 0.865. The van der Waals surface area contributed by atoms with Crippen LogP contribution in [0.3, 0.4) is 0 Å². The number of hydrogen-bond acceptors (Lipinski definition) is 2.